The number of aliphatic hydroxyl groups is 1. The number of hydrogen-bond acceptors (Lipinski definition) is 7. The molecular weight excluding hydrogens is 324 g/mol. The van der Waals surface area contributed by atoms with Crippen LogP contribution in [0.5, 0.6) is 0 Å². The minimum atomic E-state index is -0.681. The first-order chi connectivity index (χ1) is 12.0. The number of hydrogen-bond donors (Lipinski definition) is 1. The second-order valence-corrected chi connectivity index (χ2v) is 8.02. The van der Waals surface area contributed by atoms with Gasteiger partial charge in [0.25, 0.3) is 11.8 Å². The van der Waals surface area contributed by atoms with Gasteiger partial charge in [-0.3, -0.25) is 4.79 Å². The fourth-order valence-corrected chi connectivity index (χ4v) is 5.55. The van der Waals surface area contributed by atoms with E-state index in [1.807, 2.05) is 0 Å². The maximum atomic E-state index is 12.8. The molecule has 0 spiro atoms. The van der Waals surface area contributed by atoms with Gasteiger partial charge in [-0.25, -0.2) is 0 Å². The molecule has 0 aliphatic heterocycles. The van der Waals surface area contributed by atoms with Gasteiger partial charge in [0.1, 0.15) is 0 Å². The maximum absolute atomic E-state index is 12.8. The van der Waals surface area contributed by atoms with E-state index in [1.165, 1.54) is 6.26 Å². The lowest BCUT2D eigenvalue weighted by molar-refractivity contribution is -0.197. The third-order valence-electron chi connectivity index (χ3n) is 5.99. The Bertz CT molecular complexity index is 782. The van der Waals surface area contributed by atoms with Crippen LogP contribution in [0, 0.1) is 17.3 Å². The third kappa shape index (κ3) is 2.49. The molecule has 7 nitrogen and oxygen atoms in total. The highest BCUT2D eigenvalue weighted by molar-refractivity contribution is 5.77. The lowest BCUT2D eigenvalue weighted by Gasteiger charge is -2.58. The van der Waals surface area contributed by atoms with E-state index in [4.69, 9.17) is 13.6 Å². The van der Waals surface area contributed by atoms with Crippen molar-refractivity contribution < 1.29 is 23.5 Å². The van der Waals surface area contributed by atoms with Crippen LogP contribution in [-0.2, 0) is 16.1 Å². The summed E-state index contributed by atoms with van der Waals surface area (Å²) in [6.07, 6.45) is 6.49. The fourth-order valence-electron chi connectivity index (χ4n) is 5.55. The van der Waals surface area contributed by atoms with E-state index < -0.39 is 11.0 Å². The maximum Gasteiger partial charge on any atom is 0.312 e. The number of rotatable bonds is 4. The molecule has 0 saturated heterocycles. The van der Waals surface area contributed by atoms with Crippen molar-refractivity contribution in [1.29, 1.82) is 0 Å². The van der Waals surface area contributed by atoms with E-state index in [0.717, 1.165) is 32.1 Å². The van der Waals surface area contributed by atoms with Crippen LogP contribution in [0.4, 0.5) is 0 Å². The van der Waals surface area contributed by atoms with Gasteiger partial charge in [0, 0.05) is 0 Å². The van der Waals surface area contributed by atoms with Crippen molar-refractivity contribution in [2.24, 2.45) is 17.3 Å². The van der Waals surface area contributed by atoms with Crippen molar-refractivity contribution in [3.63, 3.8) is 0 Å². The molecule has 4 atom stereocenters. The zero-order valence-corrected chi connectivity index (χ0v) is 13.8. The SMILES string of the molecule is O=C(OCc1nnc(-c2ccco2)o1)C12C[C@@H]3C[C@@H](CC(O)(C3)C1)C2. The number of furan rings is 1. The summed E-state index contributed by atoms with van der Waals surface area (Å²) in [4.78, 5) is 12.8. The molecule has 0 amide bonds. The van der Waals surface area contributed by atoms with Crippen molar-refractivity contribution in [2.75, 3.05) is 0 Å². The van der Waals surface area contributed by atoms with Crippen molar-refractivity contribution in [3.05, 3.63) is 24.3 Å². The van der Waals surface area contributed by atoms with Gasteiger partial charge in [-0.15, -0.1) is 10.2 Å². The van der Waals surface area contributed by atoms with Crippen LogP contribution < -0.4 is 0 Å². The molecule has 2 aromatic rings. The van der Waals surface area contributed by atoms with E-state index in [2.05, 4.69) is 10.2 Å². The summed E-state index contributed by atoms with van der Waals surface area (Å²) in [7, 11) is 0. The minimum absolute atomic E-state index is 0.0535. The first-order valence-corrected chi connectivity index (χ1v) is 8.80. The number of aromatic nitrogens is 2. The third-order valence-corrected chi connectivity index (χ3v) is 5.99. The predicted octanol–water partition coefficient (Wildman–Crippen LogP) is 2.70. The van der Waals surface area contributed by atoms with Crippen molar-refractivity contribution >= 4 is 5.97 Å². The van der Waals surface area contributed by atoms with E-state index in [-0.39, 0.29) is 24.4 Å². The second kappa shape index (κ2) is 5.17. The molecule has 7 heteroatoms. The normalized spacial score (nSPS) is 35.9. The Morgan fingerprint density at radius 3 is 2.76 bits per heavy atom. The highest BCUT2D eigenvalue weighted by atomic mass is 16.5. The van der Waals surface area contributed by atoms with Gasteiger partial charge >= 0.3 is 5.97 Å². The molecule has 2 aromatic heterocycles. The van der Waals surface area contributed by atoms with Crippen LogP contribution in [-0.4, -0.2) is 26.9 Å². The Balaban J connectivity index is 1.28. The second-order valence-electron chi connectivity index (χ2n) is 8.02. The Kier molecular flexibility index (Phi) is 3.13. The average molecular weight is 344 g/mol. The quantitative estimate of drug-likeness (QED) is 0.851. The van der Waals surface area contributed by atoms with E-state index >= 15 is 0 Å². The molecular formula is C18H20N2O5. The summed E-state index contributed by atoms with van der Waals surface area (Å²) in [6.45, 7) is -0.0535. The van der Waals surface area contributed by atoms with Crippen LogP contribution in [0.2, 0.25) is 0 Å². The summed E-state index contributed by atoms with van der Waals surface area (Å²) in [6, 6.07) is 3.45. The number of ether oxygens (including phenoxy) is 1. The summed E-state index contributed by atoms with van der Waals surface area (Å²) < 4.78 is 16.2. The molecule has 4 aliphatic rings. The zero-order chi connectivity index (χ0) is 17.1. The van der Waals surface area contributed by atoms with Gasteiger partial charge in [-0.2, -0.15) is 0 Å². The molecule has 4 aliphatic carbocycles. The minimum Gasteiger partial charge on any atom is -0.459 e. The number of nitrogens with zero attached hydrogens (tertiary/aromatic N) is 2. The average Bonchev–Trinajstić information content (AvgIpc) is 3.21. The van der Waals surface area contributed by atoms with Crippen molar-refractivity contribution in [3.8, 4) is 11.7 Å². The molecule has 0 radical (unpaired) electrons. The Labute approximate surface area is 144 Å². The molecule has 4 bridgehead atoms. The van der Waals surface area contributed by atoms with Crippen LogP contribution >= 0.6 is 0 Å². The fraction of sp³-hybridized carbons (Fsp3) is 0.611. The molecule has 1 N–H and O–H groups in total. The summed E-state index contributed by atoms with van der Waals surface area (Å²) in [5.74, 6) is 1.62. The smallest absolute Gasteiger partial charge is 0.312 e. The Morgan fingerprint density at radius 2 is 2.08 bits per heavy atom. The lowest BCUT2D eigenvalue weighted by Crippen LogP contribution is -2.58. The van der Waals surface area contributed by atoms with Crippen molar-refractivity contribution in [1.82, 2.24) is 10.2 Å². The highest BCUT2D eigenvalue weighted by Crippen LogP contribution is 2.62. The zero-order valence-electron chi connectivity index (χ0n) is 13.8. The molecule has 132 valence electrons. The van der Waals surface area contributed by atoms with Crippen molar-refractivity contribution in [2.45, 2.75) is 50.7 Å². The van der Waals surface area contributed by atoms with Crippen LogP contribution in [0.15, 0.2) is 27.2 Å². The Morgan fingerprint density at radius 1 is 1.28 bits per heavy atom. The molecule has 2 heterocycles. The Hall–Kier alpha value is -2.15. The van der Waals surface area contributed by atoms with Gasteiger partial charge in [0.05, 0.1) is 17.3 Å². The molecule has 25 heavy (non-hydrogen) atoms. The van der Waals surface area contributed by atoms with Crippen LogP contribution in [0.3, 0.4) is 0 Å². The topological polar surface area (TPSA) is 98.6 Å². The molecule has 2 unspecified atom stereocenters. The highest BCUT2D eigenvalue weighted by Gasteiger charge is 2.60. The summed E-state index contributed by atoms with van der Waals surface area (Å²) in [5.41, 5.74) is -1.22. The van der Waals surface area contributed by atoms with Gasteiger partial charge in [-0.1, -0.05) is 0 Å². The summed E-state index contributed by atoms with van der Waals surface area (Å²) in [5, 5.41) is 18.6. The number of carbonyl (C=O) groups excluding carboxylic acids is 1. The van der Waals surface area contributed by atoms with E-state index in [0.29, 0.717) is 24.0 Å². The first-order valence-electron chi connectivity index (χ1n) is 8.80. The largest absolute Gasteiger partial charge is 0.459 e. The molecule has 4 saturated carbocycles. The first kappa shape index (κ1) is 15.1. The summed E-state index contributed by atoms with van der Waals surface area (Å²) >= 11 is 0. The van der Waals surface area contributed by atoms with Gasteiger partial charge < -0.3 is 18.7 Å². The predicted molar refractivity (Wildman–Crippen MR) is 83.9 cm³/mol. The van der Waals surface area contributed by atoms with E-state index in [9.17, 15) is 9.90 Å². The standard InChI is InChI=1S/C18H20N2O5/c21-16(17-5-11-4-12(6-17)8-18(22,7-11)10-17)24-9-14-19-20-15(25-14)13-2-1-3-23-13/h1-3,11-12,22H,4-10H2/t11-,12+,17?,18?. The van der Waals surface area contributed by atoms with E-state index in [1.54, 1.807) is 12.1 Å². The molecule has 4 fully saturated rings. The van der Waals surface area contributed by atoms with Gasteiger partial charge in [-0.05, 0) is 62.5 Å². The molecule has 6 rings (SSSR count). The van der Waals surface area contributed by atoms with Gasteiger partial charge in [0.2, 0.25) is 0 Å². The number of carbonyl (C=O) groups is 1. The number of esters is 1. The van der Waals surface area contributed by atoms with Crippen LogP contribution in [0.25, 0.3) is 11.7 Å². The monoisotopic (exact) mass is 344 g/mol. The lowest BCUT2D eigenvalue weighted by atomic mass is 9.48. The van der Waals surface area contributed by atoms with Crippen LogP contribution in [0.1, 0.15) is 44.4 Å². The van der Waals surface area contributed by atoms with Gasteiger partial charge in [0.15, 0.2) is 12.4 Å². The molecule has 0 aromatic carbocycles.